The lowest BCUT2D eigenvalue weighted by molar-refractivity contribution is -0.133. The minimum absolute atomic E-state index is 0.247. The van der Waals surface area contributed by atoms with Crippen LogP contribution >= 0.6 is 11.6 Å². The third-order valence-corrected chi connectivity index (χ3v) is 4.62. The summed E-state index contributed by atoms with van der Waals surface area (Å²) in [6.45, 7) is 9.56. The van der Waals surface area contributed by atoms with E-state index in [2.05, 4.69) is 11.8 Å². The zero-order valence-electron chi connectivity index (χ0n) is 14.2. The van der Waals surface area contributed by atoms with Crippen LogP contribution in [0.25, 0.3) is 0 Å². The number of amides is 1. The number of halogens is 1. The van der Waals surface area contributed by atoms with Gasteiger partial charge in [0, 0.05) is 37.6 Å². The van der Waals surface area contributed by atoms with Gasteiger partial charge in [-0.25, -0.2) is 0 Å². The van der Waals surface area contributed by atoms with Crippen LogP contribution in [-0.2, 0) is 4.79 Å². The van der Waals surface area contributed by atoms with Gasteiger partial charge >= 0.3 is 0 Å². The third kappa shape index (κ3) is 5.70. The molecule has 1 saturated heterocycles. The van der Waals surface area contributed by atoms with E-state index in [4.69, 9.17) is 16.3 Å². The fourth-order valence-corrected chi connectivity index (χ4v) is 2.93. The number of aryl methyl sites for hydroxylation is 1. The first-order chi connectivity index (χ1) is 11.1. The molecule has 0 saturated carbocycles. The third-order valence-electron chi connectivity index (χ3n) is 4.20. The molecule has 1 fully saturated rings. The van der Waals surface area contributed by atoms with Crippen LogP contribution in [0.4, 0.5) is 0 Å². The molecular formula is C18H27ClN2O2. The van der Waals surface area contributed by atoms with E-state index in [0.717, 1.165) is 55.5 Å². The summed E-state index contributed by atoms with van der Waals surface area (Å²) in [6.07, 6.45) is 2.48. The first-order valence-corrected chi connectivity index (χ1v) is 8.87. The van der Waals surface area contributed by atoms with Crippen LogP contribution in [0.1, 0.15) is 31.7 Å². The number of nitrogens with zero attached hydrogens (tertiary/aromatic N) is 2. The van der Waals surface area contributed by atoms with E-state index >= 15 is 0 Å². The maximum atomic E-state index is 12.2. The number of rotatable bonds is 7. The summed E-state index contributed by atoms with van der Waals surface area (Å²) < 4.78 is 5.69. The molecule has 0 radical (unpaired) electrons. The van der Waals surface area contributed by atoms with Crippen LogP contribution in [0.3, 0.4) is 0 Å². The van der Waals surface area contributed by atoms with Crippen LogP contribution in [0, 0.1) is 6.92 Å². The van der Waals surface area contributed by atoms with Gasteiger partial charge in [-0.1, -0.05) is 18.5 Å². The summed E-state index contributed by atoms with van der Waals surface area (Å²) in [5.41, 5.74) is 1.00. The number of piperazine rings is 1. The highest BCUT2D eigenvalue weighted by Gasteiger charge is 2.19. The molecule has 1 aromatic rings. The molecule has 1 aromatic carbocycles. The Balaban J connectivity index is 1.64. The fourth-order valence-electron chi connectivity index (χ4n) is 2.82. The molecule has 1 aliphatic heterocycles. The van der Waals surface area contributed by atoms with Crippen molar-refractivity contribution in [1.29, 1.82) is 0 Å². The maximum Gasteiger partial charge on any atom is 0.222 e. The van der Waals surface area contributed by atoms with Gasteiger partial charge in [0.1, 0.15) is 5.75 Å². The monoisotopic (exact) mass is 338 g/mol. The molecule has 1 heterocycles. The normalized spacial score (nSPS) is 15.7. The second-order valence-corrected chi connectivity index (χ2v) is 6.49. The highest BCUT2D eigenvalue weighted by molar-refractivity contribution is 6.31. The molecule has 0 unspecified atom stereocenters. The number of hydrogen-bond acceptors (Lipinski definition) is 3. The molecule has 0 spiro atoms. The minimum atomic E-state index is 0.247. The first-order valence-electron chi connectivity index (χ1n) is 8.49. The Kier molecular flexibility index (Phi) is 7.18. The summed E-state index contributed by atoms with van der Waals surface area (Å²) >= 11 is 5.99. The van der Waals surface area contributed by atoms with E-state index in [1.165, 1.54) is 6.42 Å². The molecule has 1 amide bonds. The molecule has 4 nitrogen and oxygen atoms in total. The van der Waals surface area contributed by atoms with Crippen molar-refractivity contribution < 1.29 is 9.53 Å². The average molecular weight is 339 g/mol. The van der Waals surface area contributed by atoms with E-state index in [1.807, 2.05) is 30.0 Å². The van der Waals surface area contributed by atoms with Crippen LogP contribution in [0.2, 0.25) is 5.02 Å². The summed E-state index contributed by atoms with van der Waals surface area (Å²) in [7, 11) is 0. The molecule has 0 N–H and O–H groups in total. The van der Waals surface area contributed by atoms with Gasteiger partial charge in [-0.2, -0.15) is 0 Å². The second kappa shape index (κ2) is 9.14. The molecule has 0 atom stereocenters. The van der Waals surface area contributed by atoms with E-state index in [9.17, 15) is 4.79 Å². The summed E-state index contributed by atoms with van der Waals surface area (Å²) in [4.78, 5) is 16.6. The van der Waals surface area contributed by atoms with E-state index < -0.39 is 0 Å². The largest absolute Gasteiger partial charge is 0.494 e. The topological polar surface area (TPSA) is 32.8 Å². The van der Waals surface area contributed by atoms with Gasteiger partial charge in [-0.15, -0.1) is 0 Å². The number of ether oxygens (including phenoxy) is 1. The molecule has 23 heavy (non-hydrogen) atoms. The lowest BCUT2D eigenvalue weighted by atomic mass is 10.2. The number of carbonyl (C=O) groups excluding carboxylic acids is 1. The second-order valence-electron chi connectivity index (χ2n) is 6.09. The molecule has 2 rings (SSSR count). The number of carbonyl (C=O) groups is 1. The highest BCUT2D eigenvalue weighted by atomic mass is 35.5. The first kappa shape index (κ1) is 18.1. The Hall–Kier alpha value is -1.26. The minimum Gasteiger partial charge on any atom is -0.494 e. The van der Waals surface area contributed by atoms with Gasteiger partial charge in [-0.05, 0) is 50.1 Å². The van der Waals surface area contributed by atoms with Crippen molar-refractivity contribution in [1.82, 2.24) is 9.80 Å². The van der Waals surface area contributed by atoms with E-state index in [1.54, 1.807) is 0 Å². The van der Waals surface area contributed by atoms with Gasteiger partial charge in [0.15, 0.2) is 0 Å². The smallest absolute Gasteiger partial charge is 0.222 e. The van der Waals surface area contributed by atoms with Gasteiger partial charge < -0.3 is 9.64 Å². The van der Waals surface area contributed by atoms with Crippen molar-refractivity contribution in [2.75, 3.05) is 39.3 Å². The van der Waals surface area contributed by atoms with Crippen molar-refractivity contribution in [3.63, 3.8) is 0 Å². The van der Waals surface area contributed by atoms with Crippen LogP contribution < -0.4 is 4.74 Å². The molecule has 0 aliphatic carbocycles. The predicted octanol–water partition coefficient (Wildman–Crippen LogP) is 3.36. The van der Waals surface area contributed by atoms with Crippen molar-refractivity contribution in [3.05, 3.63) is 28.8 Å². The summed E-state index contributed by atoms with van der Waals surface area (Å²) in [5, 5.41) is 0.745. The lowest BCUT2D eigenvalue weighted by Crippen LogP contribution is -2.48. The lowest BCUT2D eigenvalue weighted by Gasteiger charge is -2.34. The average Bonchev–Trinajstić information content (AvgIpc) is 2.55. The molecule has 5 heteroatoms. The van der Waals surface area contributed by atoms with E-state index in [-0.39, 0.29) is 5.91 Å². The van der Waals surface area contributed by atoms with Crippen molar-refractivity contribution in [2.24, 2.45) is 0 Å². The highest BCUT2D eigenvalue weighted by Crippen LogP contribution is 2.21. The molecule has 1 aliphatic rings. The van der Waals surface area contributed by atoms with Crippen LogP contribution in [-0.4, -0.2) is 55.0 Å². The SMILES string of the molecule is CCCN1CCN(C(=O)CCCOc2ccc(Cl)c(C)c2)CC1. The van der Waals surface area contributed by atoms with Gasteiger partial charge in [0.25, 0.3) is 0 Å². The maximum absolute atomic E-state index is 12.2. The zero-order chi connectivity index (χ0) is 16.7. The molecule has 0 bridgehead atoms. The van der Waals surface area contributed by atoms with Crippen molar-refractivity contribution in [3.8, 4) is 5.75 Å². The quantitative estimate of drug-likeness (QED) is 0.715. The Bertz CT molecular complexity index is 514. The van der Waals surface area contributed by atoms with Gasteiger partial charge in [-0.3, -0.25) is 9.69 Å². The molecule has 0 aromatic heterocycles. The van der Waals surface area contributed by atoms with Crippen molar-refractivity contribution >= 4 is 17.5 Å². The van der Waals surface area contributed by atoms with Crippen molar-refractivity contribution in [2.45, 2.75) is 33.1 Å². The summed E-state index contributed by atoms with van der Waals surface area (Å²) in [5.74, 6) is 1.06. The van der Waals surface area contributed by atoms with Gasteiger partial charge in [0.2, 0.25) is 5.91 Å². The Labute approximate surface area is 144 Å². The van der Waals surface area contributed by atoms with Crippen LogP contribution in [0.15, 0.2) is 18.2 Å². The van der Waals surface area contributed by atoms with Crippen LogP contribution in [0.5, 0.6) is 5.75 Å². The standard InChI is InChI=1S/C18H27ClN2O2/c1-3-8-20-9-11-21(12-10-20)18(22)5-4-13-23-16-6-7-17(19)15(2)14-16/h6-7,14H,3-5,8-13H2,1-2H3. The predicted molar refractivity (Wildman–Crippen MR) is 94.2 cm³/mol. The summed E-state index contributed by atoms with van der Waals surface area (Å²) in [6, 6.07) is 5.63. The molecular weight excluding hydrogens is 312 g/mol. The fraction of sp³-hybridized carbons (Fsp3) is 0.611. The van der Waals surface area contributed by atoms with Gasteiger partial charge in [0.05, 0.1) is 6.61 Å². The Morgan fingerprint density at radius 2 is 2.00 bits per heavy atom. The number of hydrogen-bond donors (Lipinski definition) is 0. The number of benzene rings is 1. The Morgan fingerprint density at radius 3 is 2.65 bits per heavy atom. The molecule has 128 valence electrons. The Morgan fingerprint density at radius 1 is 1.26 bits per heavy atom. The zero-order valence-corrected chi connectivity index (χ0v) is 14.9. The van der Waals surface area contributed by atoms with E-state index in [0.29, 0.717) is 13.0 Å².